The first-order valence-electron chi connectivity index (χ1n) is 21.1. The number of nitriles is 1. The van der Waals surface area contributed by atoms with Crippen molar-refractivity contribution in [1.29, 1.82) is 5.26 Å². The number of nitrogens with zero attached hydrogens (tertiary/aromatic N) is 8. The number of imidazole rings is 1. The number of ether oxygens (including phenoxy) is 4. The number of rotatable bonds is 20. The highest BCUT2D eigenvalue weighted by atomic mass is 32.2. The zero-order valence-electron chi connectivity index (χ0n) is 38.0. The molecule has 5 aromatic rings. The van der Waals surface area contributed by atoms with Crippen molar-refractivity contribution < 1.29 is 36.4 Å². The highest BCUT2D eigenvalue weighted by molar-refractivity contribution is 7.88. The molecule has 1 unspecified atom stereocenters. The first kappa shape index (κ1) is 47.7. The third-order valence-corrected chi connectivity index (χ3v) is 14.7. The summed E-state index contributed by atoms with van der Waals surface area (Å²) in [6.07, 6.45) is 1.95. The first-order valence-corrected chi connectivity index (χ1v) is 24.1. The maximum Gasteiger partial charge on any atom is 0.280 e. The van der Waals surface area contributed by atoms with Crippen LogP contribution in [-0.2, 0) is 34.1 Å². The van der Waals surface area contributed by atoms with Crippen LogP contribution in [0.1, 0.15) is 57.0 Å². The van der Waals surface area contributed by atoms with Gasteiger partial charge in [-0.15, -0.1) is 0 Å². The van der Waals surface area contributed by atoms with Crippen LogP contribution in [0.3, 0.4) is 0 Å². The number of hydrogen-bond donors (Lipinski definition) is 1. The van der Waals surface area contributed by atoms with E-state index in [2.05, 4.69) is 30.7 Å². The summed E-state index contributed by atoms with van der Waals surface area (Å²) in [4.78, 5) is 31.2. The third-order valence-electron chi connectivity index (χ3n) is 11.3. The Labute approximate surface area is 380 Å². The molecule has 2 fully saturated rings. The second-order valence-corrected chi connectivity index (χ2v) is 20.0. The molecule has 65 heavy (non-hydrogen) atoms. The van der Waals surface area contributed by atoms with E-state index in [1.165, 1.54) is 17.0 Å². The average molecular weight is 930 g/mol. The molecule has 18 nitrogen and oxygen atoms in total. The molecule has 2 aliphatic rings. The number of morpholine rings is 1. The molecule has 5 atom stereocenters. The van der Waals surface area contributed by atoms with Gasteiger partial charge in [0.15, 0.2) is 17.4 Å². The molecule has 0 radical (unpaired) electrons. The van der Waals surface area contributed by atoms with Gasteiger partial charge in [0, 0.05) is 32.7 Å². The summed E-state index contributed by atoms with van der Waals surface area (Å²) >= 11 is 0. The minimum absolute atomic E-state index is 0.00355. The summed E-state index contributed by atoms with van der Waals surface area (Å²) in [5.41, 5.74) is -1.03. The normalized spacial score (nSPS) is 20.6. The van der Waals surface area contributed by atoms with Crippen LogP contribution < -0.4 is 15.0 Å². The van der Waals surface area contributed by atoms with Crippen LogP contribution in [-0.4, -0.2) is 132 Å². The van der Waals surface area contributed by atoms with Gasteiger partial charge in [-0.05, 0) is 68.7 Å². The van der Waals surface area contributed by atoms with Crippen molar-refractivity contribution in [3.05, 3.63) is 112 Å². The van der Waals surface area contributed by atoms with Gasteiger partial charge in [0.1, 0.15) is 28.8 Å². The second-order valence-electron chi connectivity index (χ2n) is 16.7. The molecule has 2 saturated heterocycles. The van der Waals surface area contributed by atoms with Gasteiger partial charge in [0.05, 0.1) is 64.9 Å². The summed E-state index contributed by atoms with van der Waals surface area (Å²) in [5, 5.41) is 9.54. The molecule has 0 aliphatic carbocycles. The van der Waals surface area contributed by atoms with Crippen molar-refractivity contribution in [1.82, 2.24) is 33.4 Å². The Kier molecular flexibility index (Phi) is 14.4. The zero-order valence-corrected chi connectivity index (χ0v) is 39.7. The van der Waals surface area contributed by atoms with E-state index in [1.807, 2.05) is 107 Å². The highest BCUT2D eigenvalue weighted by Gasteiger charge is 2.69. The Bertz CT molecular complexity index is 2600. The first-order chi connectivity index (χ1) is 31.1. The number of methoxy groups -OCH3 is 2. The van der Waals surface area contributed by atoms with Gasteiger partial charge in [-0.2, -0.15) is 14.6 Å². The largest absolute Gasteiger partial charge is 0.497 e. The number of H-pyrrole nitrogens is 1. The minimum Gasteiger partial charge on any atom is -0.497 e. The van der Waals surface area contributed by atoms with E-state index in [9.17, 15) is 18.5 Å². The standard InChI is InChI=1S/C45H56N9O9PS/c1-30(2)54(31(3)4)64(61-25-13-24-46)63-39-38-42(52-29-47-37-40(52)49-43(50-41(37)55)48-28-51(5)6)62-44(39,26-53(38)65(9,56)57)27-60-45(32-14-11-10-12-15-32,33-16-20-35(58-7)21-17-33)34-18-22-36(59-8)23-19-34/h10-12,14-23,28-31,38-39,42H,13,25-27H2,1-9H3,(H,49,50,55)/b48-28-/t38-,39+,42-,44-,64?/m1/s1. The monoisotopic (exact) mass is 929 g/mol. The lowest BCUT2D eigenvalue weighted by molar-refractivity contribution is -0.168. The molecule has 4 heterocycles. The molecule has 1 N–H and O–H groups in total. The Morgan fingerprint density at radius 3 is 2.14 bits per heavy atom. The fourth-order valence-corrected chi connectivity index (χ4v) is 11.5. The zero-order chi connectivity index (χ0) is 46.7. The van der Waals surface area contributed by atoms with Gasteiger partial charge in [0.25, 0.3) is 14.1 Å². The van der Waals surface area contributed by atoms with E-state index in [4.69, 9.17) is 28.0 Å². The van der Waals surface area contributed by atoms with E-state index >= 15 is 0 Å². The van der Waals surface area contributed by atoms with E-state index in [0.29, 0.717) is 11.5 Å². The fourth-order valence-electron chi connectivity index (χ4n) is 8.54. The number of nitrogens with one attached hydrogen (secondary N) is 1. The van der Waals surface area contributed by atoms with Crippen LogP contribution in [0, 0.1) is 11.3 Å². The van der Waals surface area contributed by atoms with Crippen LogP contribution in [0.5, 0.6) is 11.5 Å². The third kappa shape index (κ3) is 9.54. The molecule has 346 valence electrons. The lowest BCUT2D eigenvalue weighted by atomic mass is 9.79. The van der Waals surface area contributed by atoms with Crippen LogP contribution in [0.4, 0.5) is 5.95 Å². The molecule has 0 saturated carbocycles. The predicted molar refractivity (Wildman–Crippen MR) is 247 cm³/mol. The summed E-state index contributed by atoms with van der Waals surface area (Å²) < 4.78 is 72.8. The molecular formula is C45H56N9O9PS. The maximum absolute atomic E-state index is 14.1. The van der Waals surface area contributed by atoms with Crippen molar-refractivity contribution in [3.63, 3.8) is 0 Å². The SMILES string of the molecule is COc1ccc(C(OC[C@@]23CN(S(C)(=O)=O)[C@@H]([C@H](n4cnc5c(=O)[nH]c(/N=C\N(C)C)nc54)O2)[C@@H]3OP(OCCC#N)N(C(C)C)C(C)C)(c2ccccc2)c2ccc(OC)cc2)cc1. The summed E-state index contributed by atoms with van der Waals surface area (Å²) in [6, 6.07) is 25.8. The predicted octanol–water partition coefficient (Wildman–Crippen LogP) is 5.94. The van der Waals surface area contributed by atoms with E-state index in [-0.39, 0.29) is 55.4 Å². The lowest BCUT2D eigenvalue weighted by Gasteiger charge is -2.42. The fraction of sp³-hybridized carbons (Fsp3) is 0.444. The summed E-state index contributed by atoms with van der Waals surface area (Å²) in [7, 11) is 0.796. The molecule has 2 aliphatic heterocycles. The molecule has 7 rings (SSSR count). The number of fused-ring (bicyclic) bond motifs is 3. The van der Waals surface area contributed by atoms with Crippen molar-refractivity contribution in [2.75, 3.05) is 54.3 Å². The van der Waals surface area contributed by atoms with E-state index in [1.54, 1.807) is 37.8 Å². The number of aromatic nitrogens is 4. The van der Waals surface area contributed by atoms with Gasteiger partial charge >= 0.3 is 0 Å². The maximum atomic E-state index is 14.1. The Morgan fingerprint density at radius 2 is 1.60 bits per heavy atom. The van der Waals surface area contributed by atoms with E-state index in [0.717, 1.165) is 22.9 Å². The summed E-state index contributed by atoms with van der Waals surface area (Å²) in [6.45, 7) is 7.75. The van der Waals surface area contributed by atoms with Gasteiger partial charge < -0.3 is 32.9 Å². The number of sulfonamides is 1. The Balaban J connectivity index is 1.45. The smallest absolute Gasteiger partial charge is 0.280 e. The molecule has 0 spiro atoms. The Hall–Kier alpha value is -5.29. The topological polar surface area (TPSA) is 199 Å². The average Bonchev–Trinajstić information content (AvgIpc) is 3.95. The van der Waals surface area contributed by atoms with Crippen molar-refractivity contribution >= 4 is 42.0 Å². The van der Waals surface area contributed by atoms with Crippen LogP contribution in [0.25, 0.3) is 11.2 Å². The number of benzene rings is 3. The molecule has 2 bridgehead atoms. The van der Waals surface area contributed by atoms with Crippen molar-refractivity contribution in [3.8, 4) is 17.6 Å². The molecule has 20 heteroatoms. The van der Waals surface area contributed by atoms with Gasteiger partial charge in [0.2, 0.25) is 16.0 Å². The molecule has 3 aromatic carbocycles. The molecule has 0 amide bonds. The highest BCUT2D eigenvalue weighted by Crippen LogP contribution is 2.57. The van der Waals surface area contributed by atoms with Crippen molar-refractivity contribution in [2.45, 2.75) is 75.8 Å². The second kappa shape index (κ2) is 19.7. The van der Waals surface area contributed by atoms with Crippen molar-refractivity contribution in [2.24, 2.45) is 4.99 Å². The Morgan fingerprint density at radius 1 is 1.00 bits per heavy atom. The van der Waals surface area contributed by atoms with Crippen LogP contribution >= 0.6 is 8.53 Å². The molecular weight excluding hydrogens is 874 g/mol. The quantitative estimate of drug-likeness (QED) is 0.0316. The summed E-state index contributed by atoms with van der Waals surface area (Å²) in [5.74, 6) is 1.29. The van der Waals surface area contributed by atoms with Crippen LogP contribution in [0.15, 0.2) is 95.0 Å². The lowest BCUT2D eigenvalue weighted by Crippen LogP contribution is -2.51. The van der Waals surface area contributed by atoms with Gasteiger partial charge in [-0.25, -0.2) is 23.1 Å². The number of hydrogen-bond acceptors (Lipinski definition) is 14. The number of aromatic amines is 1. The van der Waals surface area contributed by atoms with E-state index < -0.39 is 53.7 Å². The van der Waals surface area contributed by atoms with Gasteiger partial charge in [-0.1, -0.05) is 54.6 Å². The van der Waals surface area contributed by atoms with Crippen LogP contribution in [0.2, 0.25) is 0 Å². The van der Waals surface area contributed by atoms with Gasteiger partial charge in [-0.3, -0.25) is 14.3 Å². The minimum atomic E-state index is -4.00. The molecule has 2 aromatic heterocycles. The number of aliphatic imine (C=N–C) groups is 1.